The highest BCUT2D eigenvalue weighted by Crippen LogP contribution is 2.21. The highest BCUT2D eigenvalue weighted by Gasteiger charge is 2.31. The van der Waals surface area contributed by atoms with Gasteiger partial charge in [-0.1, -0.05) is 18.2 Å². The van der Waals surface area contributed by atoms with E-state index in [1.54, 1.807) is 28.8 Å². The van der Waals surface area contributed by atoms with Crippen molar-refractivity contribution < 1.29 is 9.59 Å². The van der Waals surface area contributed by atoms with Crippen LogP contribution in [0.5, 0.6) is 0 Å². The van der Waals surface area contributed by atoms with E-state index in [9.17, 15) is 9.59 Å². The number of nitrogens with one attached hydrogen (secondary N) is 1. The Morgan fingerprint density at radius 1 is 1.19 bits per heavy atom. The molecule has 3 aromatic heterocycles. The standard InChI is InChI=1S/C21H20N8O2/c1-13-10-17-27(2)21(31)16(8-9-28(17)26-13)24-20(30)18-22-11-14-12-23-29(19(14)25-18)15-6-4-3-5-7-15/h3-7,10-12,16H,8-9H2,1-2H3,(H,24,30)/t16-/m0/s1. The Labute approximate surface area is 177 Å². The Morgan fingerprint density at radius 3 is 2.81 bits per heavy atom. The minimum atomic E-state index is -0.696. The fourth-order valence-electron chi connectivity index (χ4n) is 3.73. The van der Waals surface area contributed by atoms with Crippen molar-refractivity contribution in [3.63, 3.8) is 0 Å². The van der Waals surface area contributed by atoms with Gasteiger partial charge in [0.05, 0.1) is 23.0 Å². The Morgan fingerprint density at radius 2 is 2.00 bits per heavy atom. The molecule has 0 saturated heterocycles. The highest BCUT2D eigenvalue weighted by molar-refractivity contribution is 6.01. The summed E-state index contributed by atoms with van der Waals surface area (Å²) in [6.45, 7) is 2.40. The molecule has 2 amide bonds. The summed E-state index contributed by atoms with van der Waals surface area (Å²) in [5.41, 5.74) is 2.19. The number of para-hydroxylation sites is 1. The van der Waals surface area contributed by atoms with Crippen molar-refractivity contribution in [2.24, 2.45) is 0 Å². The molecule has 0 bridgehead atoms. The SMILES string of the molecule is Cc1cc2n(n1)CC[C@H](NC(=O)c1ncc3cnn(-c4ccccc4)c3n1)C(=O)N2C. The van der Waals surface area contributed by atoms with Crippen LogP contribution in [0.2, 0.25) is 0 Å². The third-order valence-corrected chi connectivity index (χ3v) is 5.30. The van der Waals surface area contributed by atoms with Gasteiger partial charge in [0.2, 0.25) is 5.82 Å². The van der Waals surface area contributed by atoms with E-state index in [0.29, 0.717) is 29.8 Å². The third-order valence-electron chi connectivity index (χ3n) is 5.30. The molecule has 10 nitrogen and oxygen atoms in total. The lowest BCUT2D eigenvalue weighted by Gasteiger charge is -2.20. The zero-order valence-corrected chi connectivity index (χ0v) is 17.1. The molecule has 0 aliphatic carbocycles. The number of hydrogen-bond donors (Lipinski definition) is 1. The van der Waals surface area contributed by atoms with Crippen molar-refractivity contribution in [2.45, 2.75) is 25.9 Å². The van der Waals surface area contributed by atoms with E-state index in [2.05, 4.69) is 25.5 Å². The van der Waals surface area contributed by atoms with Gasteiger partial charge in [-0.3, -0.25) is 14.5 Å². The van der Waals surface area contributed by atoms with E-state index in [0.717, 1.165) is 11.4 Å². The molecule has 5 rings (SSSR count). The molecular weight excluding hydrogens is 396 g/mol. The molecule has 0 unspecified atom stereocenters. The first-order valence-corrected chi connectivity index (χ1v) is 9.90. The van der Waals surface area contributed by atoms with E-state index in [1.165, 1.54) is 4.90 Å². The Balaban J connectivity index is 1.40. The molecule has 1 aromatic carbocycles. The number of benzene rings is 1. The minimum absolute atomic E-state index is 0.0153. The normalized spacial score (nSPS) is 16.3. The fraction of sp³-hybridized carbons (Fsp3) is 0.238. The van der Waals surface area contributed by atoms with Crippen molar-refractivity contribution in [2.75, 3.05) is 11.9 Å². The monoisotopic (exact) mass is 416 g/mol. The average Bonchev–Trinajstić information content (AvgIpc) is 3.36. The number of carbonyl (C=O) groups excluding carboxylic acids is 2. The van der Waals surface area contributed by atoms with Crippen molar-refractivity contribution in [1.29, 1.82) is 0 Å². The maximum Gasteiger partial charge on any atom is 0.289 e. The summed E-state index contributed by atoms with van der Waals surface area (Å²) in [5, 5.41) is 12.3. The molecule has 0 saturated carbocycles. The summed E-state index contributed by atoms with van der Waals surface area (Å²) in [4.78, 5) is 35.9. The van der Waals surface area contributed by atoms with Crippen LogP contribution in [0.4, 0.5) is 5.82 Å². The van der Waals surface area contributed by atoms with Crippen LogP contribution in [0.25, 0.3) is 16.7 Å². The van der Waals surface area contributed by atoms with Crippen LogP contribution in [0.1, 0.15) is 22.7 Å². The summed E-state index contributed by atoms with van der Waals surface area (Å²) >= 11 is 0. The fourth-order valence-corrected chi connectivity index (χ4v) is 3.73. The van der Waals surface area contributed by atoms with Crippen LogP contribution in [0.15, 0.2) is 48.8 Å². The molecule has 31 heavy (non-hydrogen) atoms. The van der Waals surface area contributed by atoms with E-state index in [4.69, 9.17) is 0 Å². The van der Waals surface area contributed by atoms with Crippen molar-refractivity contribution >= 4 is 28.7 Å². The maximum absolute atomic E-state index is 12.9. The third kappa shape index (κ3) is 3.31. The smallest absolute Gasteiger partial charge is 0.289 e. The van der Waals surface area contributed by atoms with Crippen LogP contribution in [0.3, 0.4) is 0 Å². The van der Waals surface area contributed by atoms with Gasteiger partial charge in [-0.05, 0) is 25.5 Å². The van der Waals surface area contributed by atoms with Gasteiger partial charge in [-0.15, -0.1) is 0 Å². The second-order valence-corrected chi connectivity index (χ2v) is 7.44. The molecule has 0 radical (unpaired) electrons. The topological polar surface area (TPSA) is 111 Å². The average molecular weight is 416 g/mol. The number of likely N-dealkylation sites (N-methyl/N-ethyl adjacent to an activating group) is 1. The number of hydrogen-bond acceptors (Lipinski definition) is 6. The summed E-state index contributed by atoms with van der Waals surface area (Å²) < 4.78 is 3.43. The first-order chi connectivity index (χ1) is 15.0. The minimum Gasteiger partial charge on any atom is -0.337 e. The zero-order valence-electron chi connectivity index (χ0n) is 17.1. The second kappa shape index (κ2) is 7.31. The summed E-state index contributed by atoms with van der Waals surface area (Å²) in [6.07, 6.45) is 3.63. The van der Waals surface area contributed by atoms with Gasteiger partial charge in [0.25, 0.3) is 11.8 Å². The van der Waals surface area contributed by atoms with Gasteiger partial charge in [-0.25, -0.2) is 19.3 Å². The zero-order chi connectivity index (χ0) is 21.5. The Kier molecular flexibility index (Phi) is 4.46. The molecule has 156 valence electrons. The molecule has 0 spiro atoms. The summed E-state index contributed by atoms with van der Waals surface area (Å²) in [5.74, 6) is -0.0188. The summed E-state index contributed by atoms with van der Waals surface area (Å²) in [6, 6.07) is 10.7. The van der Waals surface area contributed by atoms with Gasteiger partial charge in [0.15, 0.2) is 5.65 Å². The lowest BCUT2D eigenvalue weighted by Crippen LogP contribution is -2.47. The number of anilines is 1. The number of nitrogens with zero attached hydrogens (tertiary/aromatic N) is 7. The van der Waals surface area contributed by atoms with Gasteiger partial charge in [0.1, 0.15) is 11.9 Å². The summed E-state index contributed by atoms with van der Waals surface area (Å²) in [7, 11) is 1.68. The van der Waals surface area contributed by atoms with E-state index in [-0.39, 0.29) is 11.7 Å². The van der Waals surface area contributed by atoms with Gasteiger partial charge >= 0.3 is 0 Å². The lowest BCUT2D eigenvalue weighted by molar-refractivity contribution is -0.120. The number of aromatic nitrogens is 6. The van der Waals surface area contributed by atoms with Crippen LogP contribution in [0, 0.1) is 6.92 Å². The molecule has 0 fully saturated rings. The molecule has 1 aliphatic heterocycles. The maximum atomic E-state index is 12.9. The second-order valence-electron chi connectivity index (χ2n) is 7.44. The number of amides is 2. The van der Waals surface area contributed by atoms with Crippen molar-refractivity contribution in [3.05, 3.63) is 60.3 Å². The predicted molar refractivity (Wildman–Crippen MR) is 113 cm³/mol. The van der Waals surface area contributed by atoms with Gasteiger partial charge < -0.3 is 5.32 Å². The van der Waals surface area contributed by atoms with Crippen molar-refractivity contribution in [3.8, 4) is 5.69 Å². The Bertz CT molecular complexity index is 1290. The van der Waals surface area contributed by atoms with Gasteiger partial charge in [0, 0.05) is 25.9 Å². The Hall–Kier alpha value is -4.08. The van der Waals surface area contributed by atoms with E-state index in [1.807, 2.05) is 43.3 Å². The molecule has 1 atom stereocenters. The highest BCUT2D eigenvalue weighted by atomic mass is 16.2. The van der Waals surface area contributed by atoms with Crippen LogP contribution >= 0.6 is 0 Å². The molecule has 4 heterocycles. The first-order valence-electron chi connectivity index (χ1n) is 9.90. The van der Waals surface area contributed by atoms with Crippen LogP contribution in [-0.2, 0) is 11.3 Å². The quantitative estimate of drug-likeness (QED) is 0.542. The predicted octanol–water partition coefficient (Wildman–Crippen LogP) is 1.49. The molecule has 1 N–H and O–H groups in total. The molecule has 10 heteroatoms. The lowest BCUT2D eigenvalue weighted by atomic mass is 10.2. The van der Waals surface area contributed by atoms with Crippen LogP contribution in [-0.4, -0.2) is 54.4 Å². The number of rotatable bonds is 3. The first kappa shape index (κ1) is 18.9. The number of carbonyl (C=O) groups is 2. The van der Waals surface area contributed by atoms with E-state index >= 15 is 0 Å². The molecular formula is C21H20N8O2. The number of fused-ring (bicyclic) bond motifs is 2. The molecule has 4 aromatic rings. The van der Waals surface area contributed by atoms with Gasteiger partial charge in [-0.2, -0.15) is 10.2 Å². The van der Waals surface area contributed by atoms with Crippen LogP contribution < -0.4 is 10.2 Å². The van der Waals surface area contributed by atoms with Crippen molar-refractivity contribution in [1.82, 2.24) is 34.8 Å². The largest absolute Gasteiger partial charge is 0.337 e. The number of aryl methyl sites for hydroxylation is 2. The van der Waals surface area contributed by atoms with E-state index < -0.39 is 11.9 Å². The molecule has 1 aliphatic rings.